The maximum absolute atomic E-state index is 12.0. The van der Waals surface area contributed by atoms with Crippen LogP contribution in [0.4, 0.5) is 0 Å². The van der Waals surface area contributed by atoms with E-state index < -0.39 is 0 Å². The molecular formula is C16H18ClN3O3. The first-order valence-electron chi connectivity index (χ1n) is 7.53. The molecule has 122 valence electrons. The smallest absolute Gasteiger partial charge is 0.271 e. The van der Waals surface area contributed by atoms with Crippen molar-refractivity contribution in [3.63, 3.8) is 0 Å². The first-order valence-corrected chi connectivity index (χ1v) is 7.91. The van der Waals surface area contributed by atoms with E-state index in [1.807, 2.05) is 12.1 Å². The molecule has 1 saturated heterocycles. The molecule has 1 N–H and O–H groups in total. The van der Waals surface area contributed by atoms with Gasteiger partial charge in [0.1, 0.15) is 11.4 Å². The second kappa shape index (κ2) is 7.48. The Bertz CT molecular complexity index is 668. The van der Waals surface area contributed by atoms with E-state index in [9.17, 15) is 4.79 Å². The molecule has 1 amide bonds. The Morgan fingerprint density at radius 3 is 3.09 bits per heavy atom. The third kappa shape index (κ3) is 4.24. The monoisotopic (exact) mass is 335 g/mol. The topological polar surface area (TPSA) is 65.4 Å². The molecule has 0 spiro atoms. The number of hydrogen-bond donors (Lipinski definition) is 1. The summed E-state index contributed by atoms with van der Waals surface area (Å²) in [5.41, 5.74) is 0.353. The van der Waals surface area contributed by atoms with Crippen LogP contribution >= 0.6 is 11.6 Å². The lowest BCUT2D eigenvalue weighted by Gasteiger charge is -2.09. The van der Waals surface area contributed by atoms with E-state index >= 15 is 0 Å². The van der Waals surface area contributed by atoms with Crippen LogP contribution < -0.4 is 10.1 Å². The first kappa shape index (κ1) is 15.8. The number of aromatic nitrogens is 2. The van der Waals surface area contributed by atoms with Crippen LogP contribution in [0.3, 0.4) is 0 Å². The number of carbonyl (C=O) groups is 1. The summed E-state index contributed by atoms with van der Waals surface area (Å²) in [6, 6.07) is 8.86. The van der Waals surface area contributed by atoms with Crippen molar-refractivity contribution in [2.75, 3.05) is 13.2 Å². The van der Waals surface area contributed by atoms with E-state index in [1.165, 1.54) is 0 Å². The summed E-state index contributed by atoms with van der Waals surface area (Å²) in [7, 11) is 0. The zero-order valence-corrected chi connectivity index (χ0v) is 13.3. The van der Waals surface area contributed by atoms with Crippen molar-refractivity contribution < 1.29 is 14.3 Å². The molecule has 23 heavy (non-hydrogen) atoms. The van der Waals surface area contributed by atoms with Gasteiger partial charge in [-0.1, -0.05) is 23.7 Å². The number of para-hydroxylation sites is 1. The van der Waals surface area contributed by atoms with E-state index in [4.69, 9.17) is 21.1 Å². The second-order valence-electron chi connectivity index (χ2n) is 5.29. The van der Waals surface area contributed by atoms with E-state index in [-0.39, 0.29) is 18.7 Å². The SMILES string of the molecule is O=C(NCC1CCCO1)c1ccn(COc2ccccc2Cl)n1. The summed E-state index contributed by atoms with van der Waals surface area (Å²) in [5, 5.41) is 7.57. The van der Waals surface area contributed by atoms with Crippen molar-refractivity contribution in [3.8, 4) is 5.75 Å². The molecule has 1 atom stereocenters. The van der Waals surface area contributed by atoms with Crippen molar-refractivity contribution in [2.24, 2.45) is 0 Å². The zero-order chi connectivity index (χ0) is 16.1. The van der Waals surface area contributed by atoms with Crippen LogP contribution in [0.1, 0.15) is 23.3 Å². The van der Waals surface area contributed by atoms with Crippen molar-refractivity contribution in [3.05, 3.63) is 47.2 Å². The molecule has 2 heterocycles. The van der Waals surface area contributed by atoms with Gasteiger partial charge in [-0.15, -0.1) is 0 Å². The average Bonchev–Trinajstić information content (AvgIpc) is 3.23. The number of carbonyl (C=O) groups excluding carboxylic acids is 1. The lowest BCUT2D eigenvalue weighted by Crippen LogP contribution is -2.32. The number of ether oxygens (including phenoxy) is 2. The molecule has 1 fully saturated rings. The lowest BCUT2D eigenvalue weighted by atomic mass is 10.2. The summed E-state index contributed by atoms with van der Waals surface area (Å²) in [5.74, 6) is 0.367. The van der Waals surface area contributed by atoms with Crippen LogP contribution in [0.5, 0.6) is 5.75 Å². The average molecular weight is 336 g/mol. The highest BCUT2D eigenvalue weighted by Crippen LogP contribution is 2.23. The molecular weight excluding hydrogens is 318 g/mol. The van der Waals surface area contributed by atoms with Crippen LogP contribution in [0.15, 0.2) is 36.5 Å². The van der Waals surface area contributed by atoms with Gasteiger partial charge in [-0.05, 0) is 31.0 Å². The Morgan fingerprint density at radius 2 is 2.30 bits per heavy atom. The molecule has 1 aliphatic heterocycles. The fourth-order valence-corrected chi connectivity index (χ4v) is 2.54. The molecule has 0 saturated carbocycles. The van der Waals surface area contributed by atoms with Crippen LogP contribution in [-0.2, 0) is 11.5 Å². The van der Waals surface area contributed by atoms with Crippen molar-refractivity contribution in [2.45, 2.75) is 25.7 Å². The predicted octanol–water partition coefficient (Wildman–Crippen LogP) is 2.48. The number of amides is 1. The minimum absolute atomic E-state index is 0.115. The van der Waals surface area contributed by atoms with E-state index in [0.29, 0.717) is 23.0 Å². The molecule has 0 aliphatic carbocycles. The van der Waals surface area contributed by atoms with Gasteiger partial charge in [0.15, 0.2) is 6.73 Å². The minimum atomic E-state index is -0.211. The zero-order valence-electron chi connectivity index (χ0n) is 12.6. The van der Waals surface area contributed by atoms with Crippen molar-refractivity contribution >= 4 is 17.5 Å². The number of halogens is 1. The number of nitrogens with one attached hydrogen (secondary N) is 1. The molecule has 1 unspecified atom stereocenters. The molecule has 1 aromatic carbocycles. The molecule has 1 aliphatic rings. The summed E-state index contributed by atoms with van der Waals surface area (Å²) in [4.78, 5) is 12.0. The lowest BCUT2D eigenvalue weighted by molar-refractivity contribution is 0.0852. The summed E-state index contributed by atoms with van der Waals surface area (Å²) < 4.78 is 12.6. The Kier molecular flexibility index (Phi) is 5.15. The van der Waals surface area contributed by atoms with Gasteiger partial charge in [-0.2, -0.15) is 5.10 Å². The van der Waals surface area contributed by atoms with E-state index in [1.54, 1.807) is 29.1 Å². The van der Waals surface area contributed by atoms with Gasteiger partial charge in [0.05, 0.1) is 11.1 Å². The number of rotatable bonds is 6. The summed E-state index contributed by atoms with van der Waals surface area (Å²) >= 11 is 6.02. The van der Waals surface area contributed by atoms with Gasteiger partial charge in [0.2, 0.25) is 0 Å². The highest BCUT2D eigenvalue weighted by atomic mass is 35.5. The standard InChI is InChI=1S/C16H18ClN3O3/c17-13-5-1-2-6-15(13)23-11-20-8-7-14(19-20)16(21)18-10-12-4-3-9-22-12/h1-2,5-8,12H,3-4,9-11H2,(H,18,21). The van der Waals surface area contributed by atoms with Gasteiger partial charge in [-0.25, -0.2) is 4.68 Å². The number of hydrogen-bond acceptors (Lipinski definition) is 4. The Labute approximate surface area is 139 Å². The van der Waals surface area contributed by atoms with Crippen molar-refractivity contribution in [1.82, 2.24) is 15.1 Å². The highest BCUT2D eigenvalue weighted by Gasteiger charge is 2.17. The van der Waals surface area contributed by atoms with Crippen LogP contribution in [0.2, 0.25) is 5.02 Å². The minimum Gasteiger partial charge on any atom is -0.470 e. The molecule has 3 rings (SSSR count). The quantitative estimate of drug-likeness (QED) is 0.880. The molecule has 7 heteroatoms. The van der Waals surface area contributed by atoms with E-state index in [2.05, 4.69) is 10.4 Å². The Balaban J connectivity index is 1.51. The van der Waals surface area contributed by atoms with Gasteiger partial charge >= 0.3 is 0 Å². The summed E-state index contributed by atoms with van der Waals surface area (Å²) in [6.07, 6.45) is 3.84. The largest absolute Gasteiger partial charge is 0.470 e. The normalized spacial score (nSPS) is 17.2. The molecule has 0 bridgehead atoms. The van der Waals surface area contributed by atoms with Gasteiger partial charge < -0.3 is 14.8 Å². The van der Waals surface area contributed by atoms with Gasteiger partial charge in [0, 0.05) is 19.3 Å². The second-order valence-corrected chi connectivity index (χ2v) is 5.70. The fraction of sp³-hybridized carbons (Fsp3) is 0.375. The third-order valence-corrected chi connectivity index (χ3v) is 3.89. The molecule has 6 nitrogen and oxygen atoms in total. The van der Waals surface area contributed by atoms with Crippen LogP contribution in [-0.4, -0.2) is 34.9 Å². The Hall–Kier alpha value is -2.05. The molecule has 2 aromatic rings. The Morgan fingerprint density at radius 1 is 1.43 bits per heavy atom. The van der Waals surface area contributed by atoms with Crippen molar-refractivity contribution in [1.29, 1.82) is 0 Å². The van der Waals surface area contributed by atoms with Crippen LogP contribution in [0.25, 0.3) is 0 Å². The number of benzene rings is 1. The fourth-order valence-electron chi connectivity index (χ4n) is 2.35. The number of nitrogens with zero attached hydrogens (tertiary/aromatic N) is 2. The predicted molar refractivity (Wildman–Crippen MR) is 85.6 cm³/mol. The third-order valence-electron chi connectivity index (χ3n) is 3.58. The van der Waals surface area contributed by atoms with E-state index in [0.717, 1.165) is 19.4 Å². The maximum Gasteiger partial charge on any atom is 0.271 e. The molecule has 1 aromatic heterocycles. The summed E-state index contributed by atoms with van der Waals surface area (Å²) in [6.45, 7) is 1.47. The van der Waals surface area contributed by atoms with Gasteiger partial charge in [-0.3, -0.25) is 4.79 Å². The molecule has 0 radical (unpaired) electrons. The highest BCUT2D eigenvalue weighted by molar-refractivity contribution is 6.32. The van der Waals surface area contributed by atoms with Gasteiger partial charge in [0.25, 0.3) is 5.91 Å². The first-order chi connectivity index (χ1) is 11.2. The van der Waals surface area contributed by atoms with Crippen LogP contribution in [0, 0.1) is 0 Å². The maximum atomic E-state index is 12.0.